The zero-order valence-corrected chi connectivity index (χ0v) is 12.7. The van der Waals surface area contributed by atoms with Gasteiger partial charge in [-0.25, -0.2) is 4.98 Å². The molecule has 3 nitrogen and oxygen atoms in total. The largest absolute Gasteiger partial charge is 0.457 e. The third-order valence-corrected chi connectivity index (χ3v) is 3.26. The number of pyridine rings is 1. The Morgan fingerprint density at radius 3 is 2.19 bits per heavy atom. The number of anilines is 2. The molecule has 3 rings (SSSR count). The number of ether oxygens (including phenoxy) is 1. The number of nitrogens with zero attached hydrogens (tertiary/aromatic N) is 1. The van der Waals surface area contributed by atoms with Crippen LogP contribution in [-0.2, 0) is 0 Å². The summed E-state index contributed by atoms with van der Waals surface area (Å²) in [6.07, 6.45) is 0. The van der Waals surface area contributed by atoms with E-state index in [1.54, 1.807) is 0 Å². The first-order valence-electron chi connectivity index (χ1n) is 6.52. The molecule has 0 atom stereocenters. The molecule has 0 unspecified atom stereocenters. The summed E-state index contributed by atoms with van der Waals surface area (Å²) in [5.74, 6) is 2.42. The topological polar surface area (TPSA) is 34.1 Å². The van der Waals surface area contributed by atoms with E-state index in [2.05, 4.69) is 26.2 Å². The number of hydrogen-bond acceptors (Lipinski definition) is 3. The molecule has 0 bridgehead atoms. The highest BCUT2D eigenvalue weighted by Gasteiger charge is 1.99. The molecule has 104 valence electrons. The molecule has 0 aliphatic rings. The van der Waals surface area contributed by atoms with E-state index in [0.717, 1.165) is 27.6 Å². The first-order valence-corrected chi connectivity index (χ1v) is 7.31. The molecule has 0 saturated heterocycles. The average Bonchev–Trinajstić information content (AvgIpc) is 2.50. The van der Waals surface area contributed by atoms with Crippen molar-refractivity contribution in [3.05, 3.63) is 77.4 Å². The number of para-hydroxylation sites is 1. The number of rotatable bonds is 4. The molecule has 0 aliphatic heterocycles. The minimum absolute atomic E-state index is 0.793. The van der Waals surface area contributed by atoms with Crippen molar-refractivity contribution in [2.24, 2.45) is 0 Å². The Hall–Kier alpha value is -2.33. The van der Waals surface area contributed by atoms with Gasteiger partial charge in [0, 0.05) is 5.69 Å². The van der Waals surface area contributed by atoms with E-state index in [1.807, 2.05) is 72.8 Å². The van der Waals surface area contributed by atoms with Gasteiger partial charge in [-0.05, 0) is 64.5 Å². The first kappa shape index (κ1) is 13.6. The van der Waals surface area contributed by atoms with Crippen LogP contribution in [0.3, 0.4) is 0 Å². The predicted molar refractivity (Wildman–Crippen MR) is 88.2 cm³/mol. The molecule has 1 N–H and O–H groups in total. The smallest absolute Gasteiger partial charge is 0.131 e. The summed E-state index contributed by atoms with van der Waals surface area (Å²) in [4.78, 5) is 4.33. The van der Waals surface area contributed by atoms with Gasteiger partial charge < -0.3 is 10.1 Å². The maximum atomic E-state index is 5.75. The third kappa shape index (κ3) is 3.83. The predicted octanol–water partition coefficient (Wildman–Crippen LogP) is 5.38. The summed E-state index contributed by atoms with van der Waals surface area (Å²) >= 11 is 3.35. The molecular weight excluding hydrogens is 328 g/mol. The fraction of sp³-hybridized carbons (Fsp3) is 0. The van der Waals surface area contributed by atoms with Crippen molar-refractivity contribution in [2.45, 2.75) is 0 Å². The van der Waals surface area contributed by atoms with Crippen LogP contribution in [0.15, 0.2) is 77.4 Å². The second-order valence-corrected chi connectivity index (χ2v) is 5.22. The lowest BCUT2D eigenvalue weighted by molar-refractivity contribution is 0.483. The van der Waals surface area contributed by atoms with Crippen molar-refractivity contribution >= 4 is 27.4 Å². The van der Waals surface area contributed by atoms with Crippen molar-refractivity contribution in [2.75, 3.05) is 5.32 Å². The molecule has 0 radical (unpaired) electrons. The highest BCUT2D eigenvalue weighted by Crippen LogP contribution is 2.24. The van der Waals surface area contributed by atoms with Gasteiger partial charge in [-0.1, -0.05) is 24.3 Å². The van der Waals surface area contributed by atoms with Crippen LogP contribution in [0.25, 0.3) is 0 Å². The molecule has 0 spiro atoms. The van der Waals surface area contributed by atoms with Gasteiger partial charge in [0.25, 0.3) is 0 Å². The van der Waals surface area contributed by atoms with Crippen molar-refractivity contribution in [1.29, 1.82) is 0 Å². The molecule has 3 aromatic rings. The monoisotopic (exact) mass is 340 g/mol. The molecule has 1 aromatic heterocycles. The maximum absolute atomic E-state index is 5.75. The van der Waals surface area contributed by atoms with E-state index in [9.17, 15) is 0 Å². The summed E-state index contributed by atoms with van der Waals surface area (Å²) in [6, 6.07) is 23.2. The van der Waals surface area contributed by atoms with Crippen LogP contribution < -0.4 is 10.1 Å². The minimum Gasteiger partial charge on any atom is -0.457 e. The van der Waals surface area contributed by atoms with E-state index in [-0.39, 0.29) is 0 Å². The van der Waals surface area contributed by atoms with Crippen molar-refractivity contribution in [1.82, 2.24) is 4.98 Å². The van der Waals surface area contributed by atoms with Gasteiger partial charge in [-0.3, -0.25) is 0 Å². The Balaban J connectivity index is 1.69. The lowest BCUT2D eigenvalue weighted by atomic mass is 10.3. The summed E-state index contributed by atoms with van der Waals surface area (Å²) in [6.45, 7) is 0. The van der Waals surface area contributed by atoms with E-state index < -0.39 is 0 Å². The first-order chi connectivity index (χ1) is 10.3. The third-order valence-electron chi connectivity index (χ3n) is 2.82. The van der Waals surface area contributed by atoms with E-state index in [0.29, 0.717) is 0 Å². The lowest BCUT2D eigenvalue weighted by Crippen LogP contribution is -1.93. The zero-order valence-electron chi connectivity index (χ0n) is 11.2. The van der Waals surface area contributed by atoms with Crippen LogP contribution in [0.4, 0.5) is 11.5 Å². The van der Waals surface area contributed by atoms with Crippen LogP contribution in [0.5, 0.6) is 11.5 Å². The van der Waals surface area contributed by atoms with Gasteiger partial charge in [-0.2, -0.15) is 0 Å². The van der Waals surface area contributed by atoms with Crippen molar-refractivity contribution in [3.8, 4) is 11.5 Å². The van der Waals surface area contributed by atoms with Gasteiger partial charge in [-0.15, -0.1) is 0 Å². The molecular formula is C17H13BrN2O. The summed E-state index contributed by atoms with van der Waals surface area (Å²) in [5.41, 5.74) is 0.959. The number of hydrogen-bond donors (Lipinski definition) is 1. The van der Waals surface area contributed by atoms with Crippen LogP contribution in [-0.4, -0.2) is 4.98 Å². The zero-order chi connectivity index (χ0) is 14.5. The normalized spacial score (nSPS) is 10.1. The van der Waals surface area contributed by atoms with E-state index in [1.165, 1.54) is 0 Å². The highest BCUT2D eigenvalue weighted by molar-refractivity contribution is 9.10. The second-order valence-electron chi connectivity index (χ2n) is 4.41. The lowest BCUT2D eigenvalue weighted by Gasteiger charge is -2.08. The maximum Gasteiger partial charge on any atom is 0.131 e. The number of halogens is 1. The number of aromatic nitrogens is 1. The molecule has 4 heteroatoms. The SMILES string of the molecule is Brc1cccc(Nc2ccc(Oc3ccccc3)cc2)n1. The summed E-state index contributed by atoms with van der Waals surface area (Å²) in [7, 11) is 0. The summed E-state index contributed by atoms with van der Waals surface area (Å²) < 4.78 is 6.55. The Bertz CT molecular complexity index is 714. The van der Waals surface area contributed by atoms with Gasteiger partial charge in [0.2, 0.25) is 0 Å². The van der Waals surface area contributed by atoms with Gasteiger partial charge >= 0.3 is 0 Å². The van der Waals surface area contributed by atoms with E-state index >= 15 is 0 Å². The fourth-order valence-corrected chi connectivity index (χ4v) is 2.20. The standard InChI is InChI=1S/C17H13BrN2O/c18-16-7-4-8-17(20-16)19-13-9-11-15(12-10-13)21-14-5-2-1-3-6-14/h1-12H,(H,19,20). The Morgan fingerprint density at radius 1 is 0.762 bits per heavy atom. The van der Waals surface area contributed by atoms with Gasteiger partial charge in [0.15, 0.2) is 0 Å². The number of nitrogens with one attached hydrogen (secondary N) is 1. The van der Waals surface area contributed by atoms with Gasteiger partial charge in [0.1, 0.15) is 21.9 Å². The molecule has 21 heavy (non-hydrogen) atoms. The van der Waals surface area contributed by atoms with Crippen molar-refractivity contribution < 1.29 is 4.74 Å². The molecule has 0 amide bonds. The molecule has 0 aliphatic carbocycles. The van der Waals surface area contributed by atoms with E-state index in [4.69, 9.17) is 4.74 Å². The second kappa shape index (κ2) is 6.41. The molecule has 2 aromatic carbocycles. The van der Waals surface area contributed by atoms with Crippen LogP contribution >= 0.6 is 15.9 Å². The minimum atomic E-state index is 0.793. The fourth-order valence-electron chi connectivity index (χ4n) is 1.86. The average molecular weight is 341 g/mol. The molecule has 1 heterocycles. The Morgan fingerprint density at radius 2 is 1.48 bits per heavy atom. The van der Waals surface area contributed by atoms with Crippen LogP contribution in [0.2, 0.25) is 0 Å². The Kier molecular flexibility index (Phi) is 4.17. The van der Waals surface area contributed by atoms with Gasteiger partial charge in [0.05, 0.1) is 0 Å². The quantitative estimate of drug-likeness (QED) is 0.647. The van der Waals surface area contributed by atoms with Crippen LogP contribution in [0.1, 0.15) is 0 Å². The molecule has 0 saturated carbocycles. The number of benzene rings is 2. The highest BCUT2D eigenvalue weighted by atomic mass is 79.9. The summed E-state index contributed by atoms with van der Waals surface area (Å²) in [5, 5.41) is 3.24. The Labute approximate surface area is 131 Å². The van der Waals surface area contributed by atoms with Crippen LogP contribution in [0, 0.1) is 0 Å². The molecule has 0 fully saturated rings. The van der Waals surface area contributed by atoms with Crippen molar-refractivity contribution in [3.63, 3.8) is 0 Å².